The zero-order valence-electron chi connectivity index (χ0n) is 10.8. The molecule has 0 aromatic heterocycles. The lowest BCUT2D eigenvalue weighted by atomic mass is 10.2. The highest BCUT2D eigenvalue weighted by Gasteiger charge is 2.06. The standard InChI is InChI=1S/C15H13BrClNO2/c1-10-5-6-14(13(16)7-10)18-15(19)9-20-12-4-2-3-11(17)8-12/h2-8H,9H2,1H3,(H,18,19). The highest BCUT2D eigenvalue weighted by Crippen LogP contribution is 2.23. The van der Waals surface area contributed by atoms with Gasteiger partial charge >= 0.3 is 0 Å². The fraction of sp³-hybridized carbons (Fsp3) is 0.133. The Balaban J connectivity index is 1.92. The van der Waals surface area contributed by atoms with Crippen LogP contribution in [-0.4, -0.2) is 12.5 Å². The van der Waals surface area contributed by atoms with E-state index in [1.807, 2.05) is 25.1 Å². The smallest absolute Gasteiger partial charge is 0.262 e. The number of ether oxygens (including phenoxy) is 1. The molecule has 0 heterocycles. The van der Waals surface area contributed by atoms with Crippen LogP contribution < -0.4 is 10.1 Å². The molecule has 0 saturated heterocycles. The molecule has 1 N–H and O–H groups in total. The Bertz CT molecular complexity index is 631. The molecule has 0 spiro atoms. The van der Waals surface area contributed by atoms with Crippen LogP contribution in [0.15, 0.2) is 46.9 Å². The van der Waals surface area contributed by atoms with Crippen molar-refractivity contribution in [3.8, 4) is 5.75 Å². The van der Waals surface area contributed by atoms with Crippen LogP contribution >= 0.6 is 27.5 Å². The van der Waals surface area contributed by atoms with E-state index in [2.05, 4.69) is 21.2 Å². The third-order valence-electron chi connectivity index (χ3n) is 2.56. The molecule has 2 aromatic rings. The zero-order chi connectivity index (χ0) is 14.5. The van der Waals surface area contributed by atoms with Crippen molar-refractivity contribution in [1.29, 1.82) is 0 Å². The number of anilines is 1. The normalized spacial score (nSPS) is 10.2. The number of halogens is 2. The summed E-state index contributed by atoms with van der Waals surface area (Å²) >= 11 is 9.25. The highest BCUT2D eigenvalue weighted by molar-refractivity contribution is 9.10. The van der Waals surface area contributed by atoms with Crippen molar-refractivity contribution in [2.24, 2.45) is 0 Å². The number of benzene rings is 2. The maximum Gasteiger partial charge on any atom is 0.262 e. The number of rotatable bonds is 4. The van der Waals surface area contributed by atoms with Crippen LogP contribution in [0.1, 0.15) is 5.56 Å². The van der Waals surface area contributed by atoms with Crippen molar-refractivity contribution in [3.05, 3.63) is 57.5 Å². The van der Waals surface area contributed by atoms with E-state index in [0.29, 0.717) is 10.8 Å². The van der Waals surface area contributed by atoms with Gasteiger partial charge < -0.3 is 10.1 Å². The van der Waals surface area contributed by atoms with Gasteiger partial charge in [-0.1, -0.05) is 23.7 Å². The Kier molecular flexibility index (Phi) is 5.04. The first-order valence-corrected chi connectivity index (χ1v) is 7.16. The number of carbonyl (C=O) groups excluding carboxylic acids is 1. The minimum absolute atomic E-state index is 0.0688. The van der Waals surface area contributed by atoms with Gasteiger partial charge in [0, 0.05) is 9.50 Å². The van der Waals surface area contributed by atoms with Crippen LogP contribution in [0.25, 0.3) is 0 Å². The lowest BCUT2D eigenvalue weighted by molar-refractivity contribution is -0.118. The van der Waals surface area contributed by atoms with Gasteiger partial charge in [-0.25, -0.2) is 0 Å². The summed E-state index contributed by atoms with van der Waals surface area (Å²) in [5.74, 6) is 0.338. The summed E-state index contributed by atoms with van der Waals surface area (Å²) in [7, 11) is 0. The molecule has 2 rings (SSSR count). The van der Waals surface area contributed by atoms with Gasteiger partial charge in [0.2, 0.25) is 0 Å². The van der Waals surface area contributed by atoms with Gasteiger partial charge in [0.15, 0.2) is 6.61 Å². The molecule has 0 aliphatic heterocycles. The highest BCUT2D eigenvalue weighted by atomic mass is 79.9. The minimum atomic E-state index is -0.227. The van der Waals surface area contributed by atoms with Gasteiger partial charge in [-0.15, -0.1) is 0 Å². The van der Waals surface area contributed by atoms with Crippen molar-refractivity contribution in [1.82, 2.24) is 0 Å². The molecular weight excluding hydrogens is 342 g/mol. The molecule has 20 heavy (non-hydrogen) atoms. The Morgan fingerprint density at radius 1 is 1.30 bits per heavy atom. The summed E-state index contributed by atoms with van der Waals surface area (Å²) in [6.07, 6.45) is 0. The predicted molar refractivity (Wildman–Crippen MR) is 84.5 cm³/mol. The SMILES string of the molecule is Cc1ccc(NC(=O)COc2cccc(Cl)c2)c(Br)c1. The molecule has 0 unspecified atom stereocenters. The van der Waals surface area contributed by atoms with Crippen LogP contribution in [-0.2, 0) is 4.79 Å². The van der Waals surface area contributed by atoms with Gasteiger partial charge in [-0.2, -0.15) is 0 Å². The maximum atomic E-state index is 11.8. The molecular formula is C15H13BrClNO2. The Hall–Kier alpha value is -1.52. The van der Waals surface area contributed by atoms with E-state index in [9.17, 15) is 4.79 Å². The first kappa shape index (κ1) is 14.9. The zero-order valence-corrected chi connectivity index (χ0v) is 13.2. The summed E-state index contributed by atoms with van der Waals surface area (Å²) in [5.41, 5.74) is 1.83. The fourth-order valence-corrected chi connectivity index (χ4v) is 2.39. The van der Waals surface area contributed by atoms with Crippen LogP contribution in [0, 0.1) is 6.92 Å². The number of nitrogens with one attached hydrogen (secondary N) is 1. The molecule has 1 amide bonds. The molecule has 0 fully saturated rings. The van der Waals surface area contributed by atoms with Gasteiger partial charge in [-0.05, 0) is 58.7 Å². The number of amides is 1. The molecule has 3 nitrogen and oxygen atoms in total. The molecule has 0 aliphatic rings. The molecule has 0 bridgehead atoms. The van der Waals surface area contributed by atoms with E-state index < -0.39 is 0 Å². The number of hydrogen-bond acceptors (Lipinski definition) is 2. The first-order chi connectivity index (χ1) is 9.54. The van der Waals surface area contributed by atoms with Crippen LogP contribution in [0.3, 0.4) is 0 Å². The van der Waals surface area contributed by atoms with E-state index in [-0.39, 0.29) is 12.5 Å². The number of hydrogen-bond donors (Lipinski definition) is 1. The summed E-state index contributed by atoms with van der Waals surface area (Å²) in [6.45, 7) is 1.92. The Morgan fingerprint density at radius 3 is 2.80 bits per heavy atom. The summed E-state index contributed by atoms with van der Waals surface area (Å²) in [5, 5.41) is 3.35. The van der Waals surface area contributed by atoms with E-state index >= 15 is 0 Å². The van der Waals surface area contributed by atoms with Crippen molar-refractivity contribution in [2.45, 2.75) is 6.92 Å². The summed E-state index contributed by atoms with van der Waals surface area (Å²) in [6, 6.07) is 12.6. The van der Waals surface area contributed by atoms with Crippen LogP contribution in [0.4, 0.5) is 5.69 Å². The second kappa shape index (κ2) is 6.77. The lowest BCUT2D eigenvalue weighted by Crippen LogP contribution is -2.20. The quantitative estimate of drug-likeness (QED) is 0.882. The third kappa shape index (κ3) is 4.25. The fourth-order valence-electron chi connectivity index (χ4n) is 1.61. The molecule has 104 valence electrons. The molecule has 0 saturated carbocycles. The lowest BCUT2D eigenvalue weighted by Gasteiger charge is -2.09. The maximum absolute atomic E-state index is 11.8. The second-order valence-electron chi connectivity index (χ2n) is 4.28. The Labute approximate surface area is 131 Å². The molecule has 0 aliphatic carbocycles. The first-order valence-electron chi connectivity index (χ1n) is 5.99. The average Bonchev–Trinajstić information content (AvgIpc) is 2.40. The average molecular weight is 355 g/mol. The van der Waals surface area contributed by atoms with Crippen molar-refractivity contribution in [2.75, 3.05) is 11.9 Å². The van der Waals surface area contributed by atoms with E-state index in [1.165, 1.54) is 0 Å². The van der Waals surface area contributed by atoms with Gasteiger partial charge in [0.1, 0.15) is 5.75 Å². The largest absolute Gasteiger partial charge is 0.484 e. The van der Waals surface area contributed by atoms with Crippen molar-refractivity contribution in [3.63, 3.8) is 0 Å². The predicted octanol–water partition coefficient (Wildman–Crippen LogP) is 4.43. The second-order valence-corrected chi connectivity index (χ2v) is 5.57. The molecule has 0 radical (unpaired) electrons. The van der Waals surface area contributed by atoms with E-state index in [0.717, 1.165) is 15.7 Å². The Morgan fingerprint density at radius 2 is 2.10 bits per heavy atom. The molecule has 2 aromatic carbocycles. The van der Waals surface area contributed by atoms with Gasteiger partial charge in [0.25, 0.3) is 5.91 Å². The summed E-state index contributed by atoms with van der Waals surface area (Å²) in [4.78, 5) is 11.8. The number of carbonyl (C=O) groups is 1. The molecule has 5 heteroatoms. The van der Waals surface area contributed by atoms with Crippen molar-refractivity contribution < 1.29 is 9.53 Å². The summed E-state index contributed by atoms with van der Waals surface area (Å²) < 4.78 is 6.21. The van der Waals surface area contributed by atoms with Gasteiger partial charge in [-0.3, -0.25) is 4.79 Å². The minimum Gasteiger partial charge on any atom is -0.484 e. The van der Waals surface area contributed by atoms with Crippen molar-refractivity contribution >= 4 is 39.1 Å². The molecule has 0 atom stereocenters. The number of aryl methyl sites for hydroxylation is 1. The van der Waals surface area contributed by atoms with Crippen LogP contribution in [0.2, 0.25) is 5.02 Å². The topological polar surface area (TPSA) is 38.3 Å². The van der Waals surface area contributed by atoms with Gasteiger partial charge in [0.05, 0.1) is 5.69 Å². The van der Waals surface area contributed by atoms with E-state index in [4.69, 9.17) is 16.3 Å². The van der Waals surface area contributed by atoms with Crippen LogP contribution in [0.5, 0.6) is 5.75 Å². The monoisotopic (exact) mass is 353 g/mol. The third-order valence-corrected chi connectivity index (χ3v) is 3.46. The van der Waals surface area contributed by atoms with E-state index in [1.54, 1.807) is 24.3 Å².